The van der Waals surface area contributed by atoms with E-state index in [0.717, 1.165) is 16.6 Å². The molecule has 1 aliphatic heterocycles. The summed E-state index contributed by atoms with van der Waals surface area (Å²) in [6.07, 6.45) is -4.86. The molecule has 0 fully saturated rings. The fourth-order valence-electron chi connectivity index (χ4n) is 5.35. The molecule has 248 valence electrons. The van der Waals surface area contributed by atoms with Crippen LogP contribution in [0.1, 0.15) is 45.9 Å². The van der Waals surface area contributed by atoms with Gasteiger partial charge in [0.2, 0.25) is 5.90 Å². The van der Waals surface area contributed by atoms with E-state index in [1.807, 2.05) is 42.5 Å². The van der Waals surface area contributed by atoms with E-state index in [1.54, 1.807) is 30.3 Å². The van der Waals surface area contributed by atoms with E-state index < -0.39 is 29.3 Å². The third-order valence-corrected chi connectivity index (χ3v) is 8.35. The van der Waals surface area contributed by atoms with Crippen molar-refractivity contribution in [3.8, 4) is 5.75 Å². The van der Waals surface area contributed by atoms with Crippen molar-refractivity contribution in [1.29, 1.82) is 0 Å². The van der Waals surface area contributed by atoms with E-state index in [2.05, 4.69) is 31.3 Å². The van der Waals surface area contributed by atoms with Crippen LogP contribution in [0.2, 0.25) is 0 Å². The van der Waals surface area contributed by atoms with Gasteiger partial charge in [0.15, 0.2) is 11.6 Å². The maximum Gasteiger partial charge on any atom is 0.416 e. The highest BCUT2D eigenvalue weighted by Crippen LogP contribution is 2.43. The number of nitrogens with zero attached hydrogens (tertiary/aromatic N) is 4. The highest BCUT2D eigenvalue weighted by atomic mass is 79.9. The van der Waals surface area contributed by atoms with Crippen molar-refractivity contribution in [2.45, 2.75) is 43.8 Å². The van der Waals surface area contributed by atoms with Gasteiger partial charge in [-0.25, -0.2) is 4.99 Å². The minimum atomic E-state index is -4.48. The zero-order chi connectivity index (χ0) is 34.1. The van der Waals surface area contributed by atoms with Crippen molar-refractivity contribution in [1.82, 2.24) is 5.32 Å². The van der Waals surface area contributed by atoms with Gasteiger partial charge in [0, 0.05) is 40.9 Å². The largest absolute Gasteiger partial charge is 0.494 e. The Bertz CT molecular complexity index is 1800. The van der Waals surface area contributed by atoms with Gasteiger partial charge >= 0.3 is 6.18 Å². The van der Waals surface area contributed by atoms with Gasteiger partial charge in [0.25, 0.3) is 5.91 Å². The number of halogens is 4. The first-order valence-electron chi connectivity index (χ1n) is 15.0. The number of carbonyl (C=O) groups excluding carboxylic acids is 1. The van der Waals surface area contributed by atoms with Crippen molar-refractivity contribution in [2.24, 2.45) is 10.1 Å². The van der Waals surface area contributed by atoms with Gasteiger partial charge in [-0.3, -0.25) is 4.79 Å². The van der Waals surface area contributed by atoms with Crippen molar-refractivity contribution in [2.75, 3.05) is 13.2 Å². The fourth-order valence-corrected chi connectivity index (χ4v) is 5.61. The number of rotatable bonds is 13. The Morgan fingerprint density at radius 3 is 2.35 bits per heavy atom. The Kier molecular flexibility index (Phi) is 11.0. The lowest BCUT2D eigenvalue weighted by Gasteiger charge is -2.31. The predicted octanol–water partition coefficient (Wildman–Crippen LogP) is 7.86. The van der Waals surface area contributed by atoms with Gasteiger partial charge in [-0.05, 0) is 76.3 Å². The van der Waals surface area contributed by atoms with Gasteiger partial charge in [0.1, 0.15) is 5.75 Å². The van der Waals surface area contributed by atoms with Crippen LogP contribution in [0.15, 0.2) is 112 Å². The van der Waals surface area contributed by atoms with Gasteiger partial charge < -0.3 is 19.9 Å². The molecule has 1 aliphatic rings. The number of aliphatic hydroxyl groups is 1. The number of hydrogen-bond donors (Lipinski definition) is 2. The summed E-state index contributed by atoms with van der Waals surface area (Å²) in [7, 11) is 0. The molecule has 4 aromatic rings. The van der Waals surface area contributed by atoms with E-state index in [0.29, 0.717) is 46.6 Å². The number of ether oxygens (including phenoxy) is 2. The zero-order valence-corrected chi connectivity index (χ0v) is 27.1. The normalized spacial score (nSPS) is 17.2. The molecular formula is C35H31BrF3N5O4. The second kappa shape index (κ2) is 15.4. The van der Waals surface area contributed by atoms with Crippen LogP contribution in [0.4, 0.5) is 13.2 Å². The van der Waals surface area contributed by atoms with Crippen molar-refractivity contribution < 1.29 is 32.5 Å². The maximum absolute atomic E-state index is 14.5. The summed E-state index contributed by atoms with van der Waals surface area (Å²) in [5.74, 6) is 0.290. The lowest BCUT2D eigenvalue weighted by molar-refractivity contribution is -0.137. The number of aliphatic imine (C=N–C) groups is 1. The molecule has 0 radical (unpaired) electrons. The second-order valence-electron chi connectivity index (χ2n) is 11.1. The maximum atomic E-state index is 14.5. The molecule has 0 saturated carbocycles. The molecule has 0 saturated heterocycles. The Morgan fingerprint density at radius 2 is 1.71 bits per heavy atom. The topological polar surface area (TPSA) is 129 Å². The minimum Gasteiger partial charge on any atom is -0.494 e. The average molecular weight is 723 g/mol. The van der Waals surface area contributed by atoms with E-state index in [-0.39, 0.29) is 32.0 Å². The summed E-state index contributed by atoms with van der Waals surface area (Å²) in [4.78, 5) is 22.4. The quantitative estimate of drug-likeness (QED) is 0.0630. The van der Waals surface area contributed by atoms with Crippen LogP contribution in [0.3, 0.4) is 0 Å². The van der Waals surface area contributed by atoms with Gasteiger partial charge in [0.05, 0.1) is 18.7 Å². The summed E-state index contributed by atoms with van der Waals surface area (Å²) in [5.41, 5.74) is 9.76. The second-order valence-corrected chi connectivity index (χ2v) is 12.0. The Morgan fingerprint density at radius 1 is 1.02 bits per heavy atom. The van der Waals surface area contributed by atoms with Crippen LogP contribution in [-0.4, -0.2) is 35.7 Å². The highest BCUT2D eigenvalue weighted by molar-refractivity contribution is 9.10. The Labute approximate surface area is 283 Å². The third kappa shape index (κ3) is 8.17. The molecule has 0 aliphatic carbocycles. The first-order chi connectivity index (χ1) is 23.1. The van der Waals surface area contributed by atoms with Crippen molar-refractivity contribution >= 4 is 27.7 Å². The molecule has 13 heteroatoms. The number of benzene rings is 4. The van der Waals surface area contributed by atoms with Crippen molar-refractivity contribution in [3.05, 3.63) is 145 Å². The summed E-state index contributed by atoms with van der Waals surface area (Å²) in [6.45, 7) is 0.344. The van der Waals surface area contributed by atoms with Gasteiger partial charge in [-0.1, -0.05) is 69.6 Å². The van der Waals surface area contributed by atoms with Crippen LogP contribution >= 0.6 is 15.9 Å². The van der Waals surface area contributed by atoms with Crippen molar-refractivity contribution in [3.63, 3.8) is 0 Å². The number of hydrogen-bond acceptors (Lipinski definition) is 6. The van der Waals surface area contributed by atoms with Gasteiger partial charge in [-0.2, -0.15) is 13.2 Å². The average Bonchev–Trinajstić information content (AvgIpc) is 3.47. The summed E-state index contributed by atoms with van der Waals surface area (Å²) in [6, 6.07) is 26.2. The van der Waals surface area contributed by atoms with E-state index in [9.17, 15) is 18.0 Å². The molecule has 4 aromatic carbocycles. The van der Waals surface area contributed by atoms with Crippen LogP contribution in [-0.2, 0) is 35.2 Å². The molecule has 0 spiro atoms. The zero-order valence-electron chi connectivity index (χ0n) is 25.5. The molecule has 9 nitrogen and oxygen atoms in total. The monoisotopic (exact) mass is 721 g/mol. The number of azide groups is 1. The summed E-state index contributed by atoms with van der Waals surface area (Å²) >= 11 is 3.46. The molecule has 0 aromatic heterocycles. The number of alkyl halides is 3. The van der Waals surface area contributed by atoms with Crippen LogP contribution in [0, 0.1) is 0 Å². The lowest BCUT2D eigenvalue weighted by Crippen LogP contribution is -2.49. The molecule has 2 N–H and O–H groups in total. The number of nitrogens with one attached hydrogen (secondary N) is 1. The van der Waals surface area contributed by atoms with Crippen LogP contribution in [0.25, 0.3) is 10.4 Å². The van der Waals surface area contributed by atoms with Crippen LogP contribution < -0.4 is 10.1 Å². The van der Waals surface area contributed by atoms with E-state index >= 15 is 0 Å². The molecule has 2 atom stereocenters. The predicted molar refractivity (Wildman–Crippen MR) is 177 cm³/mol. The standard InChI is InChI=1S/C35H31BrF3N5O4/c36-29-14-8-24(9-15-29)31-34(20-26-4-1-2-5-27(26)22-42-44-40,33(46)41-21-23-6-12-28(13-7-23)35(37,38)39)43-32(48-31)25-10-16-30(17-11-25)47-19-3-18-45/h1-2,4-17,31,45H,3,18-22H2,(H,41,46)/t31-,34-/m1/s1. The molecular weight excluding hydrogens is 691 g/mol. The number of aliphatic hydroxyl groups excluding tert-OH is 1. The SMILES string of the molecule is [N-]=[N+]=NCc1ccccc1C[C@@]1(C(=O)NCc2ccc(C(F)(F)F)cc2)N=C(c2ccc(OCCCO)cc2)O[C@@H]1c1ccc(Br)cc1. The first-order valence-corrected chi connectivity index (χ1v) is 15.8. The lowest BCUT2D eigenvalue weighted by atomic mass is 9.81. The fraction of sp³-hybridized carbons (Fsp3) is 0.257. The number of amides is 1. The Hall–Kier alpha value is -4.84. The highest BCUT2D eigenvalue weighted by Gasteiger charge is 2.53. The first kappa shape index (κ1) is 34.5. The van der Waals surface area contributed by atoms with E-state index in [4.69, 9.17) is 25.1 Å². The van der Waals surface area contributed by atoms with E-state index in [1.165, 1.54) is 12.1 Å². The Balaban J connectivity index is 1.57. The number of carbonyl (C=O) groups is 1. The smallest absolute Gasteiger partial charge is 0.416 e. The molecule has 5 rings (SSSR count). The molecule has 48 heavy (non-hydrogen) atoms. The summed E-state index contributed by atoms with van der Waals surface area (Å²) in [5, 5.41) is 15.7. The molecule has 0 unspecified atom stereocenters. The van der Waals surface area contributed by atoms with Gasteiger partial charge in [-0.15, -0.1) is 0 Å². The minimum absolute atomic E-state index is 0.00911. The molecule has 1 heterocycles. The molecule has 1 amide bonds. The molecule has 0 bridgehead atoms. The third-order valence-electron chi connectivity index (χ3n) is 7.82. The van der Waals surface area contributed by atoms with Crippen LogP contribution in [0.5, 0.6) is 5.75 Å². The summed E-state index contributed by atoms with van der Waals surface area (Å²) < 4.78 is 52.5.